The smallest absolute Gasteiger partial charge is 0.255 e. The zero-order valence-electron chi connectivity index (χ0n) is 12.7. The van der Waals surface area contributed by atoms with Crippen LogP contribution in [0.1, 0.15) is 21.5 Å². The lowest BCUT2D eigenvalue weighted by Crippen LogP contribution is -2.36. The van der Waals surface area contributed by atoms with Gasteiger partial charge in [0.25, 0.3) is 5.91 Å². The molecule has 5 heteroatoms. The van der Waals surface area contributed by atoms with Crippen molar-refractivity contribution < 1.29 is 4.79 Å². The monoisotopic (exact) mass is 314 g/mol. The number of thioether (sulfide) groups is 1. The number of rotatable bonds is 2. The predicted octanol–water partition coefficient (Wildman–Crippen LogP) is 2.31. The molecule has 0 aliphatic carbocycles. The van der Waals surface area contributed by atoms with Crippen LogP contribution in [-0.4, -0.2) is 28.2 Å². The van der Waals surface area contributed by atoms with E-state index in [9.17, 15) is 9.59 Å². The van der Waals surface area contributed by atoms with Gasteiger partial charge in [-0.3, -0.25) is 9.59 Å². The van der Waals surface area contributed by atoms with E-state index in [1.807, 2.05) is 4.90 Å². The number of amides is 1. The fraction of sp³-hybridized carbons (Fsp3) is 0.294. The molecular weight excluding hydrogens is 296 g/mol. The maximum atomic E-state index is 12.6. The maximum Gasteiger partial charge on any atom is 0.255 e. The van der Waals surface area contributed by atoms with Crippen LogP contribution in [0.4, 0.5) is 0 Å². The Kier molecular flexibility index (Phi) is 4.07. The van der Waals surface area contributed by atoms with Gasteiger partial charge in [0.2, 0.25) is 5.56 Å². The molecule has 1 aromatic heterocycles. The summed E-state index contributed by atoms with van der Waals surface area (Å²) in [6, 6.07) is 9.48. The van der Waals surface area contributed by atoms with Crippen molar-refractivity contribution in [2.24, 2.45) is 7.05 Å². The molecule has 0 radical (unpaired) electrons. The topological polar surface area (TPSA) is 42.3 Å². The molecule has 0 bridgehead atoms. The molecule has 4 nitrogen and oxygen atoms in total. The third-order valence-corrected chi connectivity index (χ3v) is 4.77. The molecule has 3 rings (SSSR count). The van der Waals surface area contributed by atoms with Crippen LogP contribution in [-0.2, 0) is 20.0 Å². The Morgan fingerprint density at radius 3 is 2.73 bits per heavy atom. The maximum absolute atomic E-state index is 12.6. The van der Waals surface area contributed by atoms with Crippen molar-refractivity contribution >= 4 is 17.7 Å². The first-order valence-corrected chi connectivity index (χ1v) is 8.42. The van der Waals surface area contributed by atoms with E-state index in [1.54, 1.807) is 31.1 Å². The van der Waals surface area contributed by atoms with Gasteiger partial charge in [-0.15, -0.1) is 11.8 Å². The minimum atomic E-state index is -0.106. The summed E-state index contributed by atoms with van der Waals surface area (Å²) in [5, 5.41) is 0. The number of aryl methyl sites for hydroxylation is 1. The molecule has 0 saturated carbocycles. The van der Waals surface area contributed by atoms with Crippen molar-refractivity contribution in [1.29, 1.82) is 0 Å². The lowest BCUT2D eigenvalue weighted by molar-refractivity contribution is 0.0733. The van der Waals surface area contributed by atoms with Gasteiger partial charge in [0.05, 0.1) is 5.56 Å². The molecule has 0 saturated heterocycles. The molecule has 0 spiro atoms. The van der Waals surface area contributed by atoms with Crippen molar-refractivity contribution in [3.05, 3.63) is 63.6 Å². The number of aromatic nitrogens is 1. The van der Waals surface area contributed by atoms with Crippen molar-refractivity contribution in [2.45, 2.75) is 17.9 Å². The third kappa shape index (κ3) is 2.81. The quantitative estimate of drug-likeness (QED) is 0.799. The normalized spacial score (nSPS) is 13.8. The highest BCUT2D eigenvalue weighted by Crippen LogP contribution is 2.25. The van der Waals surface area contributed by atoms with E-state index in [0.717, 1.165) is 6.42 Å². The Labute approximate surface area is 133 Å². The molecular formula is C17H18N2O2S. The Bertz CT molecular complexity index is 782. The minimum absolute atomic E-state index is 0.0183. The SMILES string of the molecule is CSc1ccc2c(c1)CCN(C(=O)c1ccc(=O)n(C)c1)C2. The highest BCUT2D eigenvalue weighted by molar-refractivity contribution is 7.98. The van der Waals surface area contributed by atoms with Crippen LogP contribution in [0.5, 0.6) is 0 Å². The Morgan fingerprint density at radius 2 is 2.00 bits per heavy atom. The Balaban J connectivity index is 1.83. The van der Waals surface area contributed by atoms with Gasteiger partial charge in [0.1, 0.15) is 0 Å². The molecule has 22 heavy (non-hydrogen) atoms. The fourth-order valence-corrected chi connectivity index (χ4v) is 3.20. The first kappa shape index (κ1) is 14.9. The van der Waals surface area contributed by atoms with Crippen LogP contribution in [0.3, 0.4) is 0 Å². The van der Waals surface area contributed by atoms with E-state index >= 15 is 0 Å². The number of hydrogen-bond donors (Lipinski definition) is 0. The molecule has 1 amide bonds. The summed E-state index contributed by atoms with van der Waals surface area (Å²) in [6.45, 7) is 1.35. The van der Waals surface area contributed by atoms with Crippen LogP contribution in [0.25, 0.3) is 0 Å². The number of fused-ring (bicyclic) bond motifs is 1. The minimum Gasteiger partial charge on any atom is -0.334 e. The van der Waals surface area contributed by atoms with Crippen LogP contribution >= 0.6 is 11.8 Å². The zero-order valence-corrected chi connectivity index (χ0v) is 13.5. The van der Waals surface area contributed by atoms with Crippen LogP contribution in [0.2, 0.25) is 0 Å². The Hall–Kier alpha value is -2.01. The van der Waals surface area contributed by atoms with E-state index in [4.69, 9.17) is 0 Å². The molecule has 2 aromatic rings. The van der Waals surface area contributed by atoms with Crippen LogP contribution < -0.4 is 5.56 Å². The molecule has 0 atom stereocenters. The Morgan fingerprint density at radius 1 is 1.18 bits per heavy atom. The lowest BCUT2D eigenvalue weighted by Gasteiger charge is -2.29. The second kappa shape index (κ2) is 6.01. The summed E-state index contributed by atoms with van der Waals surface area (Å²) >= 11 is 1.74. The number of pyridine rings is 1. The van der Waals surface area contributed by atoms with E-state index in [2.05, 4.69) is 24.5 Å². The first-order valence-electron chi connectivity index (χ1n) is 7.20. The predicted molar refractivity (Wildman–Crippen MR) is 88.4 cm³/mol. The first-order chi connectivity index (χ1) is 10.6. The molecule has 0 N–H and O–H groups in total. The van der Waals surface area contributed by atoms with Gasteiger partial charge in [0, 0.05) is 37.3 Å². The van der Waals surface area contributed by atoms with Crippen molar-refractivity contribution in [2.75, 3.05) is 12.8 Å². The van der Waals surface area contributed by atoms with Gasteiger partial charge in [-0.05, 0) is 42.0 Å². The van der Waals surface area contributed by atoms with Gasteiger partial charge in [-0.25, -0.2) is 0 Å². The van der Waals surface area contributed by atoms with Gasteiger partial charge < -0.3 is 9.47 Å². The number of hydrogen-bond acceptors (Lipinski definition) is 3. The fourth-order valence-electron chi connectivity index (χ4n) is 2.73. The average Bonchev–Trinajstić information content (AvgIpc) is 2.55. The molecule has 1 aliphatic heterocycles. The zero-order chi connectivity index (χ0) is 15.7. The standard InChI is InChI=1S/C17H18N2O2S/c1-18-10-14(4-6-16(18)20)17(21)19-8-7-12-9-15(22-2)5-3-13(12)11-19/h3-6,9-10H,7-8,11H2,1-2H3. The van der Waals surface area contributed by atoms with E-state index in [1.165, 1.54) is 26.7 Å². The molecule has 1 aromatic carbocycles. The molecule has 0 unspecified atom stereocenters. The second-order valence-corrected chi connectivity index (χ2v) is 6.36. The summed E-state index contributed by atoms with van der Waals surface area (Å²) in [7, 11) is 1.66. The highest BCUT2D eigenvalue weighted by Gasteiger charge is 2.22. The highest BCUT2D eigenvalue weighted by atomic mass is 32.2. The number of nitrogens with zero attached hydrogens (tertiary/aromatic N) is 2. The average molecular weight is 314 g/mol. The molecule has 2 heterocycles. The molecule has 114 valence electrons. The van der Waals surface area contributed by atoms with E-state index in [-0.39, 0.29) is 11.5 Å². The summed E-state index contributed by atoms with van der Waals surface area (Å²) in [5.74, 6) is -0.0183. The van der Waals surface area contributed by atoms with Crippen molar-refractivity contribution in [1.82, 2.24) is 9.47 Å². The summed E-state index contributed by atoms with van der Waals surface area (Å²) in [4.78, 5) is 27.1. The van der Waals surface area contributed by atoms with Crippen LogP contribution in [0.15, 0.2) is 46.2 Å². The number of carbonyl (C=O) groups excluding carboxylic acids is 1. The lowest BCUT2D eigenvalue weighted by atomic mass is 9.99. The van der Waals surface area contributed by atoms with E-state index < -0.39 is 0 Å². The summed E-state index contributed by atoms with van der Waals surface area (Å²) in [5.41, 5.74) is 3.00. The van der Waals surface area contributed by atoms with Gasteiger partial charge >= 0.3 is 0 Å². The number of benzene rings is 1. The van der Waals surface area contributed by atoms with Gasteiger partial charge in [-0.1, -0.05) is 6.07 Å². The molecule has 0 fully saturated rings. The van der Waals surface area contributed by atoms with Crippen LogP contribution in [0, 0.1) is 0 Å². The van der Waals surface area contributed by atoms with Crippen molar-refractivity contribution in [3.63, 3.8) is 0 Å². The molecule has 1 aliphatic rings. The van der Waals surface area contributed by atoms with Gasteiger partial charge in [-0.2, -0.15) is 0 Å². The van der Waals surface area contributed by atoms with Crippen molar-refractivity contribution in [3.8, 4) is 0 Å². The largest absolute Gasteiger partial charge is 0.334 e. The number of carbonyl (C=O) groups is 1. The van der Waals surface area contributed by atoms with E-state index in [0.29, 0.717) is 18.7 Å². The van der Waals surface area contributed by atoms with Gasteiger partial charge in [0.15, 0.2) is 0 Å². The summed E-state index contributed by atoms with van der Waals surface area (Å²) in [6.07, 6.45) is 4.55. The summed E-state index contributed by atoms with van der Waals surface area (Å²) < 4.78 is 1.44. The second-order valence-electron chi connectivity index (χ2n) is 5.48. The third-order valence-electron chi connectivity index (χ3n) is 4.05.